The fourth-order valence-electron chi connectivity index (χ4n) is 3.85. The van der Waals surface area contributed by atoms with Gasteiger partial charge in [-0.3, -0.25) is 14.7 Å². The number of nitrogens with one attached hydrogen (secondary N) is 2. The number of hydrogen-bond donors (Lipinski definition) is 2. The Morgan fingerprint density at radius 2 is 1.56 bits per heavy atom. The number of carbonyl (C=O) groups excluding carboxylic acids is 1. The Bertz CT molecular complexity index is 876. The number of benzene rings is 2. The SMILES string of the molecule is CN=C(NCc1ccc(C(=O)N(C)C)cc1)NCc1ccccc1CN1CCCCC1.I. The zero-order valence-electron chi connectivity index (χ0n) is 19.4. The predicted molar refractivity (Wildman–Crippen MR) is 142 cm³/mol. The second-order valence-electron chi connectivity index (χ2n) is 8.28. The second kappa shape index (κ2) is 13.4. The molecule has 1 heterocycles. The van der Waals surface area contributed by atoms with Crippen LogP contribution in [0.1, 0.15) is 46.3 Å². The maximum Gasteiger partial charge on any atom is 0.253 e. The lowest BCUT2D eigenvalue weighted by molar-refractivity contribution is 0.0827. The minimum Gasteiger partial charge on any atom is -0.352 e. The van der Waals surface area contributed by atoms with E-state index in [0.29, 0.717) is 12.1 Å². The summed E-state index contributed by atoms with van der Waals surface area (Å²) in [6.07, 6.45) is 3.97. The highest BCUT2D eigenvalue weighted by Crippen LogP contribution is 2.16. The molecule has 0 spiro atoms. The van der Waals surface area contributed by atoms with E-state index < -0.39 is 0 Å². The number of piperidine rings is 1. The van der Waals surface area contributed by atoms with Gasteiger partial charge in [0.25, 0.3) is 5.91 Å². The zero-order valence-corrected chi connectivity index (χ0v) is 21.8. The summed E-state index contributed by atoms with van der Waals surface area (Å²) in [6, 6.07) is 16.3. The van der Waals surface area contributed by atoms with Crippen molar-refractivity contribution < 1.29 is 4.79 Å². The maximum atomic E-state index is 12.0. The molecule has 0 aromatic heterocycles. The van der Waals surface area contributed by atoms with Crippen LogP contribution in [0.5, 0.6) is 0 Å². The average molecular weight is 550 g/mol. The van der Waals surface area contributed by atoms with Crippen molar-refractivity contribution in [2.75, 3.05) is 34.2 Å². The van der Waals surface area contributed by atoms with E-state index in [-0.39, 0.29) is 29.9 Å². The number of hydrogen-bond acceptors (Lipinski definition) is 3. The normalized spacial score (nSPS) is 14.4. The summed E-state index contributed by atoms with van der Waals surface area (Å²) in [7, 11) is 5.31. The molecular weight excluding hydrogens is 513 g/mol. The Labute approximate surface area is 209 Å². The predicted octanol–water partition coefficient (Wildman–Crippen LogP) is 3.86. The number of carbonyl (C=O) groups is 1. The van der Waals surface area contributed by atoms with Crippen LogP contribution in [-0.2, 0) is 19.6 Å². The number of amides is 1. The van der Waals surface area contributed by atoms with Gasteiger partial charge in [-0.25, -0.2) is 0 Å². The Balaban J connectivity index is 0.00000363. The van der Waals surface area contributed by atoms with Crippen molar-refractivity contribution in [2.24, 2.45) is 4.99 Å². The lowest BCUT2D eigenvalue weighted by Crippen LogP contribution is -2.36. The van der Waals surface area contributed by atoms with Gasteiger partial charge >= 0.3 is 0 Å². The van der Waals surface area contributed by atoms with Crippen LogP contribution in [0.15, 0.2) is 53.5 Å². The summed E-state index contributed by atoms with van der Waals surface area (Å²) >= 11 is 0. The molecule has 0 saturated carbocycles. The van der Waals surface area contributed by atoms with Crippen molar-refractivity contribution in [3.63, 3.8) is 0 Å². The molecule has 1 saturated heterocycles. The fraction of sp³-hybridized carbons (Fsp3) is 0.440. The molecule has 6 nitrogen and oxygen atoms in total. The van der Waals surface area contributed by atoms with Crippen molar-refractivity contribution in [1.29, 1.82) is 0 Å². The molecule has 1 fully saturated rings. The van der Waals surface area contributed by atoms with Gasteiger partial charge in [-0.1, -0.05) is 42.8 Å². The molecule has 2 aromatic rings. The first-order chi connectivity index (χ1) is 15.1. The molecule has 2 aromatic carbocycles. The molecular formula is C25H36IN5O. The van der Waals surface area contributed by atoms with Crippen LogP contribution in [0.2, 0.25) is 0 Å². The lowest BCUT2D eigenvalue weighted by Gasteiger charge is -2.27. The van der Waals surface area contributed by atoms with Crippen LogP contribution in [0, 0.1) is 0 Å². The van der Waals surface area contributed by atoms with Crippen molar-refractivity contribution in [2.45, 2.75) is 38.9 Å². The Hall–Kier alpha value is -2.13. The Morgan fingerprint density at radius 1 is 0.938 bits per heavy atom. The molecule has 0 aliphatic carbocycles. The van der Waals surface area contributed by atoms with E-state index in [2.05, 4.69) is 44.8 Å². The smallest absolute Gasteiger partial charge is 0.253 e. The molecule has 1 aliphatic rings. The van der Waals surface area contributed by atoms with E-state index in [1.54, 1.807) is 26.0 Å². The lowest BCUT2D eigenvalue weighted by atomic mass is 10.0. The first-order valence-corrected chi connectivity index (χ1v) is 11.1. The number of halogens is 1. The van der Waals surface area contributed by atoms with Crippen molar-refractivity contribution in [3.05, 3.63) is 70.8 Å². The minimum absolute atomic E-state index is 0. The molecule has 1 aliphatic heterocycles. The second-order valence-corrected chi connectivity index (χ2v) is 8.28. The van der Waals surface area contributed by atoms with Crippen LogP contribution in [-0.4, -0.2) is 55.9 Å². The van der Waals surface area contributed by atoms with Gasteiger partial charge < -0.3 is 15.5 Å². The van der Waals surface area contributed by atoms with Crippen LogP contribution in [0.3, 0.4) is 0 Å². The van der Waals surface area contributed by atoms with E-state index >= 15 is 0 Å². The van der Waals surface area contributed by atoms with Gasteiger partial charge in [-0.15, -0.1) is 24.0 Å². The Kier molecular flexibility index (Phi) is 11.0. The summed E-state index contributed by atoms with van der Waals surface area (Å²) in [5, 5.41) is 6.80. The monoisotopic (exact) mass is 549 g/mol. The van der Waals surface area contributed by atoms with Gasteiger partial charge in [0.15, 0.2) is 5.96 Å². The first-order valence-electron chi connectivity index (χ1n) is 11.1. The first kappa shape index (κ1) is 26.1. The molecule has 2 N–H and O–H groups in total. The highest BCUT2D eigenvalue weighted by atomic mass is 127. The van der Waals surface area contributed by atoms with Crippen molar-refractivity contribution in [1.82, 2.24) is 20.4 Å². The standard InChI is InChI=1S/C25H35N5O.HI/c1-26-25(27-17-20-11-13-21(14-12-20)24(31)29(2)3)28-18-22-9-5-6-10-23(22)19-30-15-7-4-8-16-30;/h5-6,9-14H,4,7-8,15-19H2,1-3H3,(H2,26,27,28);1H. The van der Waals surface area contributed by atoms with Gasteiger partial charge in [-0.05, 0) is 54.8 Å². The summed E-state index contributed by atoms with van der Waals surface area (Å²) < 4.78 is 0. The minimum atomic E-state index is 0. The third-order valence-electron chi connectivity index (χ3n) is 5.70. The highest BCUT2D eigenvalue weighted by molar-refractivity contribution is 14.0. The van der Waals surface area contributed by atoms with E-state index in [4.69, 9.17) is 0 Å². The summed E-state index contributed by atoms with van der Waals surface area (Å²) in [5.41, 5.74) is 4.49. The number of rotatable bonds is 7. The molecule has 0 atom stereocenters. The molecule has 0 radical (unpaired) electrons. The molecule has 1 amide bonds. The summed E-state index contributed by atoms with van der Waals surface area (Å²) in [5.74, 6) is 0.779. The topological polar surface area (TPSA) is 60.0 Å². The molecule has 0 bridgehead atoms. The highest BCUT2D eigenvalue weighted by Gasteiger charge is 2.12. The fourth-order valence-corrected chi connectivity index (χ4v) is 3.85. The van der Waals surface area contributed by atoms with Gasteiger partial charge in [0, 0.05) is 46.3 Å². The van der Waals surface area contributed by atoms with Gasteiger partial charge in [0.2, 0.25) is 0 Å². The molecule has 7 heteroatoms. The van der Waals surface area contributed by atoms with E-state index in [9.17, 15) is 4.79 Å². The summed E-state index contributed by atoms with van der Waals surface area (Å²) in [6.45, 7) is 4.79. The third-order valence-corrected chi connectivity index (χ3v) is 5.70. The van der Waals surface area contributed by atoms with E-state index in [1.165, 1.54) is 43.5 Å². The number of likely N-dealkylation sites (tertiary alicyclic amines) is 1. The van der Waals surface area contributed by atoms with E-state index in [0.717, 1.165) is 24.6 Å². The quantitative estimate of drug-likeness (QED) is 0.313. The van der Waals surface area contributed by atoms with Gasteiger partial charge in [0.1, 0.15) is 0 Å². The molecule has 0 unspecified atom stereocenters. The van der Waals surface area contributed by atoms with Crippen molar-refractivity contribution >= 4 is 35.8 Å². The van der Waals surface area contributed by atoms with Gasteiger partial charge in [-0.2, -0.15) is 0 Å². The van der Waals surface area contributed by atoms with Crippen molar-refractivity contribution in [3.8, 4) is 0 Å². The molecule has 32 heavy (non-hydrogen) atoms. The van der Waals surface area contributed by atoms with Gasteiger partial charge in [0.05, 0.1) is 0 Å². The maximum absolute atomic E-state index is 12.0. The average Bonchev–Trinajstić information content (AvgIpc) is 2.80. The van der Waals surface area contributed by atoms with Crippen LogP contribution in [0.4, 0.5) is 0 Å². The number of nitrogens with zero attached hydrogens (tertiary/aromatic N) is 3. The van der Waals surface area contributed by atoms with E-state index in [1.807, 2.05) is 24.3 Å². The molecule has 3 rings (SSSR count). The van der Waals surface area contributed by atoms with Crippen LogP contribution >= 0.6 is 24.0 Å². The third kappa shape index (κ3) is 7.78. The van der Waals surface area contributed by atoms with Crippen LogP contribution < -0.4 is 10.6 Å². The molecule has 174 valence electrons. The number of aliphatic imine (C=N–C) groups is 1. The Morgan fingerprint density at radius 3 is 2.19 bits per heavy atom. The number of guanidine groups is 1. The summed E-state index contributed by atoms with van der Waals surface area (Å²) in [4.78, 5) is 20.5. The van der Waals surface area contributed by atoms with Crippen LogP contribution in [0.25, 0.3) is 0 Å². The largest absolute Gasteiger partial charge is 0.352 e. The zero-order chi connectivity index (χ0) is 22.1.